The number of nitrogens with one attached hydrogen (secondary N) is 2. The van der Waals surface area contributed by atoms with Crippen LogP contribution in [0, 0.1) is 10.1 Å². The van der Waals surface area contributed by atoms with E-state index in [1.807, 2.05) is 91.0 Å². The minimum Gasteiger partial charge on any atom is -0.383 e. The Morgan fingerprint density at radius 2 is 1.11 bits per heavy atom. The molecule has 0 aliphatic rings. The van der Waals surface area contributed by atoms with Crippen molar-refractivity contribution in [1.82, 2.24) is 4.72 Å². The first kappa shape index (κ1) is 42.6. The third-order valence-corrected chi connectivity index (χ3v) is 11.2. The Balaban J connectivity index is 1.55. The SMILES string of the molecule is CCCCCCCCCCCCCC[C@@H](OCc1ccccc1)[C@@H](OCc1ccccc1)[C@H](CNc1ccccc1)NS(=O)(=O)c1ccc([N+](=O)[O-])cc1. The van der Waals surface area contributed by atoms with Gasteiger partial charge in [-0.25, -0.2) is 13.1 Å². The smallest absolute Gasteiger partial charge is 0.269 e. The van der Waals surface area contributed by atoms with E-state index in [1.54, 1.807) is 0 Å². The molecule has 4 aromatic rings. The molecule has 0 bridgehead atoms. The van der Waals surface area contributed by atoms with Gasteiger partial charge in [-0.05, 0) is 41.8 Å². The van der Waals surface area contributed by atoms with Gasteiger partial charge < -0.3 is 14.8 Å². The van der Waals surface area contributed by atoms with Crippen LogP contribution in [-0.4, -0.2) is 38.1 Å². The van der Waals surface area contributed by atoms with Gasteiger partial charge in [-0.15, -0.1) is 0 Å². The maximum Gasteiger partial charge on any atom is 0.269 e. The first-order valence-electron chi connectivity index (χ1n) is 19.7. The van der Waals surface area contributed by atoms with Gasteiger partial charge in [-0.1, -0.05) is 163 Å². The van der Waals surface area contributed by atoms with E-state index in [4.69, 9.17) is 9.47 Å². The van der Waals surface area contributed by atoms with Gasteiger partial charge in [0.05, 0.1) is 35.2 Å². The van der Waals surface area contributed by atoms with Crippen molar-refractivity contribution in [2.75, 3.05) is 11.9 Å². The summed E-state index contributed by atoms with van der Waals surface area (Å²) in [6.07, 6.45) is 14.4. The number of sulfonamides is 1. The Morgan fingerprint density at radius 1 is 0.630 bits per heavy atom. The molecule has 0 aliphatic heterocycles. The van der Waals surface area contributed by atoms with Crippen LogP contribution in [0.25, 0.3) is 0 Å². The fourth-order valence-corrected chi connectivity index (χ4v) is 7.83. The lowest BCUT2D eigenvalue weighted by Crippen LogP contribution is -2.53. The van der Waals surface area contributed by atoms with Gasteiger partial charge in [0.25, 0.3) is 5.69 Å². The summed E-state index contributed by atoms with van der Waals surface area (Å²) in [5.41, 5.74) is 2.63. The Hall–Kier alpha value is -4.09. The number of anilines is 1. The van der Waals surface area contributed by atoms with Gasteiger partial charge in [0.1, 0.15) is 6.10 Å². The molecule has 0 radical (unpaired) electrons. The molecule has 0 heterocycles. The molecule has 9 nitrogen and oxygen atoms in total. The van der Waals surface area contributed by atoms with Crippen LogP contribution in [0.1, 0.15) is 102 Å². The molecule has 0 saturated carbocycles. The van der Waals surface area contributed by atoms with Crippen LogP contribution in [0.4, 0.5) is 11.4 Å². The second kappa shape index (κ2) is 24.3. The van der Waals surface area contributed by atoms with Gasteiger partial charge in [0.2, 0.25) is 10.0 Å². The van der Waals surface area contributed by atoms with Crippen LogP contribution in [0.3, 0.4) is 0 Å². The highest BCUT2D eigenvalue weighted by Crippen LogP contribution is 2.24. The maximum absolute atomic E-state index is 14.0. The molecule has 2 N–H and O–H groups in total. The van der Waals surface area contributed by atoms with Gasteiger partial charge in [-0.2, -0.15) is 0 Å². The third-order valence-electron chi connectivity index (χ3n) is 9.66. The van der Waals surface area contributed by atoms with Crippen molar-refractivity contribution in [3.63, 3.8) is 0 Å². The van der Waals surface area contributed by atoms with Crippen molar-refractivity contribution in [3.8, 4) is 0 Å². The maximum atomic E-state index is 14.0. The summed E-state index contributed by atoms with van der Waals surface area (Å²) in [7, 11) is -4.13. The minimum absolute atomic E-state index is 0.0673. The van der Waals surface area contributed by atoms with Crippen molar-refractivity contribution in [1.29, 1.82) is 0 Å². The van der Waals surface area contributed by atoms with Crippen molar-refractivity contribution < 1.29 is 22.8 Å². The van der Waals surface area contributed by atoms with Gasteiger partial charge in [0, 0.05) is 24.4 Å². The highest BCUT2D eigenvalue weighted by molar-refractivity contribution is 7.89. The number of nitro groups is 1. The molecule has 4 rings (SSSR count). The number of unbranched alkanes of at least 4 members (excludes halogenated alkanes) is 11. The van der Waals surface area contributed by atoms with E-state index in [-0.39, 0.29) is 23.7 Å². The molecule has 0 aromatic heterocycles. The van der Waals surface area contributed by atoms with Gasteiger partial charge in [-0.3, -0.25) is 10.1 Å². The molecule has 54 heavy (non-hydrogen) atoms. The first-order valence-corrected chi connectivity index (χ1v) is 21.2. The molecule has 0 spiro atoms. The largest absolute Gasteiger partial charge is 0.383 e. The number of benzene rings is 4. The Bertz CT molecular complexity index is 1690. The number of para-hydroxylation sites is 1. The summed E-state index contributed by atoms with van der Waals surface area (Å²) in [5.74, 6) is 0. The van der Waals surface area contributed by atoms with E-state index < -0.39 is 33.2 Å². The van der Waals surface area contributed by atoms with Crippen LogP contribution in [-0.2, 0) is 32.7 Å². The Labute approximate surface area is 323 Å². The van der Waals surface area contributed by atoms with E-state index in [0.717, 1.165) is 36.1 Å². The summed E-state index contributed by atoms with van der Waals surface area (Å²) >= 11 is 0. The average molecular weight is 758 g/mol. The average Bonchev–Trinajstić information content (AvgIpc) is 3.20. The lowest BCUT2D eigenvalue weighted by Gasteiger charge is -2.35. The molecule has 10 heteroatoms. The van der Waals surface area contributed by atoms with Crippen LogP contribution < -0.4 is 10.0 Å². The number of nitrogens with zero attached hydrogens (tertiary/aromatic N) is 1. The molecule has 292 valence electrons. The molecular formula is C44H59N3O6S. The number of nitro benzene ring substituents is 1. The van der Waals surface area contributed by atoms with E-state index in [0.29, 0.717) is 13.0 Å². The lowest BCUT2D eigenvalue weighted by atomic mass is 9.98. The Kier molecular flexibility index (Phi) is 19.2. The first-order chi connectivity index (χ1) is 26.4. The molecule has 3 atom stereocenters. The molecular weight excluding hydrogens is 699 g/mol. The van der Waals surface area contributed by atoms with Gasteiger partial charge >= 0.3 is 0 Å². The van der Waals surface area contributed by atoms with E-state index >= 15 is 0 Å². The molecule has 0 amide bonds. The van der Waals surface area contributed by atoms with Crippen LogP contribution in [0.15, 0.2) is 120 Å². The zero-order valence-corrected chi connectivity index (χ0v) is 32.6. The Morgan fingerprint density at radius 3 is 1.63 bits per heavy atom. The number of hydrogen-bond donors (Lipinski definition) is 2. The second-order valence-corrected chi connectivity index (χ2v) is 15.7. The zero-order valence-electron chi connectivity index (χ0n) is 31.8. The van der Waals surface area contributed by atoms with E-state index in [1.165, 1.54) is 82.1 Å². The third kappa shape index (κ3) is 15.7. The summed E-state index contributed by atoms with van der Waals surface area (Å²) in [4.78, 5) is 10.7. The lowest BCUT2D eigenvalue weighted by molar-refractivity contribution is -0.384. The number of hydrogen-bond acceptors (Lipinski definition) is 7. The zero-order chi connectivity index (χ0) is 38.3. The van der Waals surface area contributed by atoms with Crippen molar-refractivity contribution in [2.24, 2.45) is 0 Å². The summed E-state index contributed by atoms with van der Waals surface area (Å²) in [6.45, 7) is 3.07. The molecule has 4 aromatic carbocycles. The van der Waals surface area contributed by atoms with Crippen LogP contribution in [0.5, 0.6) is 0 Å². The van der Waals surface area contributed by atoms with Crippen molar-refractivity contribution in [3.05, 3.63) is 137 Å². The second-order valence-electron chi connectivity index (χ2n) is 14.0. The van der Waals surface area contributed by atoms with E-state index in [9.17, 15) is 18.5 Å². The number of ether oxygens (including phenoxy) is 2. The quantitative estimate of drug-likeness (QED) is 0.0336. The summed E-state index contributed by atoms with van der Waals surface area (Å²) in [6, 6.07) is 33.6. The monoisotopic (exact) mass is 757 g/mol. The predicted molar refractivity (Wildman–Crippen MR) is 218 cm³/mol. The number of non-ortho nitro benzene ring substituents is 1. The normalized spacial score (nSPS) is 13.3. The number of rotatable bonds is 28. The topological polar surface area (TPSA) is 120 Å². The highest BCUT2D eigenvalue weighted by Gasteiger charge is 2.35. The molecule has 0 saturated heterocycles. The van der Waals surface area contributed by atoms with Crippen molar-refractivity contribution >= 4 is 21.4 Å². The fraction of sp³-hybridized carbons (Fsp3) is 0.455. The standard InChI is InChI=1S/C44H59N3O6S/c1-2-3-4-5-6-7-8-9-10-11-12-22-29-43(52-35-37-23-16-13-17-24-37)44(53-36-38-25-18-14-19-26-38)42(34-45-39-27-20-15-21-28-39)46-54(50,51)41-32-30-40(31-33-41)47(48)49/h13-21,23-28,30-33,42-46H,2-12,22,29,34-36H2,1H3/t42-,43+,44-/m0/s1. The van der Waals surface area contributed by atoms with Gasteiger partial charge in [0.15, 0.2) is 0 Å². The van der Waals surface area contributed by atoms with Crippen molar-refractivity contribution in [2.45, 2.75) is 127 Å². The molecule has 0 unspecified atom stereocenters. The van der Waals surface area contributed by atoms with Crippen LogP contribution >= 0.6 is 0 Å². The molecule has 0 fully saturated rings. The minimum atomic E-state index is -4.13. The van der Waals surface area contributed by atoms with Crippen LogP contribution in [0.2, 0.25) is 0 Å². The van der Waals surface area contributed by atoms with E-state index in [2.05, 4.69) is 17.0 Å². The summed E-state index contributed by atoms with van der Waals surface area (Å²) in [5, 5.41) is 14.7. The fourth-order valence-electron chi connectivity index (χ4n) is 6.58. The highest BCUT2D eigenvalue weighted by atomic mass is 32.2. The molecule has 0 aliphatic carbocycles. The summed E-state index contributed by atoms with van der Waals surface area (Å²) < 4.78 is 44.3. The predicted octanol–water partition coefficient (Wildman–Crippen LogP) is 10.6.